The Morgan fingerprint density at radius 1 is 1.09 bits per heavy atom. The van der Waals surface area contributed by atoms with Crippen LogP contribution >= 0.6 is 0 Å². The summed E-state index contributed by atoms with van der Waals surface area (Å²) < 4.78 is 13.5. The number of amides is 1. The predicted molar refractivity (Wildman–Crippen MR) is 167 cm³/mol. The summed E-state index contributed by atoms with van der Waals surface area (Å²) in [5.41, 5.74) is 1.50. The second-order valence-electron chi connectivity index (χ2n) is 13.0. The summed E-state index contributed by atoms with van der Waals surface area (Å²) in [5, 5.41) is 43.5. The van der Waals surface area contributed by atoms with Crippen LogP contribution in [0.4, 0.5) is 4.79 Å². The van der Waals surface area contributed by atoms with Gasteiger partial charge in [0.1, 0.15) is 30.5 Å². The molecule has 0 spiro atoms. The molecule has 15 heteroatoms. The first-order valence-corrected chi connectivity index (χ1v) is 15.5. The fourth-order valence-corrected chi connectivity index (χ4v) is 5.46. The number of aryl methyl sites for hydroxylation is 3. The maximum atomic E-state index is 13.5. The molecule has 4 atom stereocenters. The number of nitrogens with zero attached hydrogens (tertiary/aromatic N) is 7. The number of tetrazole rings is 1. The highest BCUT2D eigenvalue weighted by Gasteiger charge is 2.31. The fourth-order valence-electron chi connectivity index (χ4n) is 5.46. The van der Waals surface area contributed by atoms with Crippen molar-refractivity contribution in [3.63, 3.8) is 0 Å². The van der Waals surface area contributed by atoms with Crippen LogP contribution in [0.15, 0.2) is 16.9 Å². The Kier molecular flexibility index (Phi) is 11.2. The second kappa shape index (κ2) is 14.8. The minimum atomic E-state index is -1.69. The van der Waals surface area contributed by atoms with Gasteiger partial charge in [-0.25, -0.2) is 14.5 Å². The second-order valence-corrected chi connectivity index (χ2v) is 13.0. The van der Waals surface area contributed by atoms with Gasteiger partial charge in [-0.1, -0.05) is 0 Å². The number of carbonyl (C=O) groups excluding carboxylic acids is 2. The van der Waals surface area contributed by atoms with Gasteiger partial charge >= 0.3 is 6.09 Å². The van der Waals surface area contributed by atoms with Crippen molar-refractivity contribution in [3.05, 3.63) is 33.6 Å². The lowest BCUT2D eigenvalue weighted by atomic mass is 9.97. The molecule has 1 aliphatic rings. The minimum Gasteiger partial charge on any atom is -0.444 e. The highest BCUT2D eigenvalue weighted by molar-refractivity contribution is 5.80. The third-order valence-corrected chi connectivity index (χ3v) is 8.11. The average molecular weight is 644 g/mol. The zero-order valence-corrected chi connectivity index (χ0v) is 27.3. The van der Waals surface area contributed by atoms with E-state index < -0.39 is 36.1 Å². The zero-order chi connectivity index (χ0) is 33.8. The van der Waals surface area contributed by atoms with E-state index in [9.17, 15) is 29.7 Å². The Morgan fingerprint density at radius 3 is 2.48 bits per heavy atom. The first-order valence-electron chi connectivity index (χ1n) is 15.5. The van der Waals surface area contributed by atoms with Crippen molar-refractivity contribution < 1.29 is 34.4 Å². The van der Waals surface area contributed by atoms with Crippen LogP contribution in [0.1, 0.15) is 64.0 Å². The van der Waals surface area contributed by atoms with E-state index in [1.807, 2.05) is 34.6 Å². The zero-order valence-electron chi connectivity index (χ0n) is 27.3. The topological polar surface area (TPSA) is 195 Å². The van der Waals surface area contributed by atoms with Crippen LogP contribution in [-0.4, -0.2) is 112 Å². The molecule has 15 nitrogen and oxygen atoms in total. The lowest BCUT2D eigenvalue weighted by molar-refractivity contribution is -0.128. The van der Waals surface area contributed by atoms with Gasteiger partial charge in [0.25, 0.3) is 5.56 Å². The summed E-state index contributed by atoms with van der Waals surface area (Å²) in [6.07, 6.45) is -1.94. The first-order chi connectivity index (χ1) is 21.7. The molecule has 1 aliphatic heterocycles. The molecule has 0 bridgehead atoms. The van der Waals surface area contributed by atoms with Gasteiger partial charge in [0.15, 0.2) is 11.5 Å². The van der Waals surface area contributed by atoms with E-state index in [0.29, 0.717) is 24.0 Å². The smallest absolute Gasteiger partial charge is 0.410 e. The van der Waals surface area contributed by atoms with Crippen molar-refractivity contribution in [2.45, 2.75) is 103 Å². The van der Waals surface area contributed by atoms with Crippen LogP contribution in [-0.2, 0) is 27.9 Å². The van der Waals surface area contributed by atoms with Gasteiger partial charge in [0.2, 0.25) is 5.82 Å². The van der Waals surface area contributed by atoms with Gasteiger partial charge in [-0.05, 0) is 94.0 Å². The van der Waals surface area contributed by atoms with Crippen LogP contribution in [0.5, 0.6) is 0 Å². The Bertz CT molecular complexity index is 1600. The molecular weight excluding hydrogens is 598 g/mol. The summed E-state index contributed by atoms with van der Waals surface area (Å²) >= 11 is 0. The number of aromatic nitrogens is 6. The number of ketones is 1. The molecule has 0 saturated carbocycles. The van der Waals surface area contributed by atoms with Gasteiger partial charge in [-0.3, -0.25) is 9.59 Å². The quantitative estimate of drug-likeness (QED) is 0.257. The third kappa shape index (κ3) is 8.51. The van der Waals surface area contributed by atoms with E-state index in [2.05, 4.69) is 20.5 Å². The van der Waals surface area contributed by atoms with Crippen LogP contribution in [0.25, 0.3) is 22.6 Å². The van der Waals surface area contributed by atoms with Crippen molar-refractivity contribution in [3.8, 4) is 11.5 Å². The Labute approximate surface area is 267 Å². The number of fused-ring (bicyclic) bond motifs is 1. The number of aliphatic hydroxyl groups excluding tert-OH is 3. The average Bonchev–Trinajstić information content (AvgIpc) is 3.42. The van der Waals surface area contributed by atoms with E-state index >= 15 is 0 Å². The molecular formula is C31H45N7O8. The number of rotatable bonds is 12. The number of likely N-dealkylation sites (tertiary alicyclic amines) is 1. The molecule has 3 heterocycles. The van der Waals surface area contributed by atoms with E-state index in [-0.39, 0.29) is 49.0 Å². The molecule has 0 aliphatic carbocycles. The van der Waals surface area contributed by atoms with E-state index in [1.54, 1.807) is 24.1 Å². The maximum Gasteiger partial charge on any atom is 0.410 e. The van der Waals surface area contributed by atoms with Gasteiger partial charge in [-0.15, -0.1) is 5.10 Å². The molecule has 1 unspecified atom stereocenters. The summed E-state index contributed by atoms with van der Waals surface area (Å²) in [6.45, 7) is 8.71. The minimum absolute atomic E-state index is 0.0326. The SMILES string of the molecule is Cc1cc2nc(-c3nnnn3C)c(=O)n(C[C@H](O)[C@H](O)[C@H](O)COCC(=O)CCC3CCCCN3C(=O)OC(C)(C)C)c2cc1C. The number of ether oxygens (including phenoxy) is 2. The van der Waals surface area contributed by atoms with Crippen molar-refractivity contribution in [2.75, 3.05) is 19.8 Å². The van der Waals surface area contributed by atoms with Gasteiger partial charge < -0.3 is 34.3 Å². The van der Waals surface area contributed by atoms with Gasteiger partial charge in [0, 0.05) is 26.1 Å². The number of aliphatic hydroxyl groups is 3. The largest absolute Gasteiger partial charge is 0.444 e. The van der Waals surface area contributed by atoms with Gasteiger partial charge in [0.05, 0.1) is 24.2 Å². The van der Waals surface area contributed by atoms with E-state index in [1.165, 1.54) is 9.25 Å². The van der Waals surface area contributed by atoms with E-state index in [0.717, 1.165) is 30.4 Å². The van der Waals surface area contributed by atoms with Crippen LogP contribution in [0.3, 0.4) is 0 Å². The lowest BCUT2D eigenvalue weighted by Gasteiger charge is -2.36. The molecule has 2 aromatic heterocycles. The molecule has 0 radical (unpaired) electrons. The molecule has 3 aromatic rings. The fraction of sp³-hybridized carbons (Fsp3) is 0.645. The maximum absolute atomic E-state index is 13.5. The van der Waals surface area contributed by atoms with Gasteiger partial charge in [-0.2, -0.15) is 0 Å². The highest BCUT2D eigenvalue weighted by Crippen LogP contribution is 2.24. The summed E-state index contributed by atoms with van der Waals surface area (Å²) in [5.74, 6) is -0.0868. The highest BCUT2D eigenvalue weighted by atomic mass is 16.6. The van der Waals surface area contributed by atoms with Crippen LogP contribution in [0.2, 0.25) is 0 Å². The number of benzene rings is 1. The van der Waals surface area contributed by atoms with Crippen LogP contribution < -0.4 is 5.56 Å². The van der Waals surface area contributed by atoms with Crippen molar-refractivity contribution >= 4 is 22.9 Å². The Balaban J connectivity index is 1.35. The number of carbonyl (C=O) groups is 2. The summed E-state index contributed by atoms with van der Waals surface area (Å²) in [7, 11) is 1.57. The standard InChI is InChI=1S/C31H45N7O8/c1-18-13-22-23(14-19(18)2)38(29(43)26(32-22)28-33-34-35-36(28)6)15-24(40)27(42)25(41)17-45-16-21(39)11-10-20-9-7-8-12-37(20)30(44)46-31(3,4)5/h13-14,20,24-25,27,40-42H,7-12,15-17H2,1-6H3/t20?,24-,25+,27-/m0/s1. The Morgan fingerprint density at radius 2 is 1.80 bits per heavy atom. The summed E-state index contributed by atoms with van der Waals surface area (Å²) in [6, 6.07) is 3.46. The number of Topliss-reactive ketones (excluding diaryl/α,β-unsaturated/α-hetero) is 1. The molecule has 252 valence electrons. The first kappa shape index (κ1) is 35.1. The molecule has 4 rings (SSSR count). The summed E-state index contributed by atoms with van der Waals surface area (Å²) in [4.78, 5) is 44.9. The van der Waals surface area contributed by atoms with Crippen molar-refractivity contribution in [2.24, 2.45) is 7.05 Å². The number of piperidine rings is 1. The normalized spacial score (nSPS) is 17.6. The molecule has 1 saturated heterocycles. The lowest BCUT2D eigenvalue weighted by Crippen LogP contribution is -2.46. The third-order valence-electron chi connectivity index (χ3n) is 8.11. The van der Waals surface area contributed by atoms with E-state index in [4.69, 9.17) is 9.47 Å². The predicted octanol–water partition coefficient (Wildman–Crippen LogP) is 1.44. The molecule has 3 N–H and O–H groups in total. The Hall–Kier alpha value is -3.79. The van der Waals surface area contributed by atoms with Crippen molar-refractivity contribution in [1.29, 1.82) is 0 Å². The number of hydrogen-bond donors (Lipinski definition) is 3. The molecule has 1 aromatic carbocycles. The monoisotopic (exact) mass is 643 g/mol. The molecule has 1 fully saturated rings. The molecule has 46 heavy (non-hydrogen) atoms. The van der Waals surface area contributed by atoms with Crippen molar-refractivity contribution in [1.82, 2.24) is 34.7 Å². The molecule has 1 amide bonds. The number of hydrogen-bond acceptors (Lipinski definition) is 12. The van der Waals surface area contributed by atoms with Crippen LogP contribution in [0, 0.1) is 13.8 Å².